The van der Waals surface area contributed by atoms with Crippen molar-refractivity contribution in [1.82, 2.24) is 0 Å². The van der Waals surface area contributed by atoms with Gasteiger partial charge in [0.15, 0.2) is 0 Å². The summed E-state index contributed by atoms with van der Waals surface area (Å²) >= 11 is 0. The van der Waals surface area contributed by atoms with Gasteiger partial charge in [-0.15, -0.1) is 0 Å². The fourth-order valence-corrected chi connectivity index (χ4v) is 1.92. The van der Waals surface area contributed by atoms with Crippen LogP contribution in [0.3, 0.4) is 0 Å². The Hall–Kier alpha value is -1.51. The minimum absolute atomic E-state index is 0.146. The van der Waals surface area contributed by atoms with Gasteiger partial charge >= 0.3 is 5.97 Å². The van der Waals surface area contributed by atoms with E-state index in [4.69, 9.17) is 4.74 Å². The molecule has 3 nitrogen and oxygen atoms in total. The van der Waals surface area contributed by atoms with Crippen molar-refractivity contribution in [3.05, 3.63) is 29.3 Å². The number of carbonyl (C=O) groups is 1. The average Bonchev–Trinajstić information content (AvgIpc) is 2.63. The van der Waals surface area contributed by atoms with Crippen molar-refractivity contribution in [3.63, 3.8) is 0 Å². The predicted molar refractivity (Wildman–Crippen MR) is 56.0 cm³/mol. The van der Waals surface area contributed by atoms with Gasteiger partial charge in [-0.1, -0.05) is 18.2 Å². The molecule has 1 aliphatic rings. The maximum absolute atomic E-state index is 11.2. The van der Waals surface area contributed by atoms with E-state index in [2.05, 4.69) is 4.74 Å². The van der Waals surface area contributed by atoms with Gasteiger partial charge in [0, 0.05) is 11.5 Å². The molecule has 0 amide bonds. The van der Waals surface area contributed by atoms with E-state index in [0.717, 1.165) is 16.9 Å². The number of ether oxygens (including phenoxy) is 2. The van der Waals surface area contributed by atoms with Gasteiger partial charge in [-0.25, -0.2) is 0 Å². The Labute approximate surface area is 89.0 Å². The third kappa shape index (κ3) is 1.82. The lowest BCUT2D eigenvalue weighted by atomic mass is 9.96. The molecular weight excluding hydrogens is 192 g/mol. The lowest BCUT2D eigenvalue weighted by Gasteiger charge is -2.06. The molecule has 0 spiro atoms. The Kier molecular flexibility index (Phi) is 2.62. The number of carbonyl (C=O) groups excluding carboxylic acids is 1. The summed E-state index contributed by atoms with van der Waals surface area (Å²) in [6.07, 6.45) is 0.396. The molecule has 3 heteroatoms. The summed E-state index contributed by atoms with van der Waals surface area (Å²) in [5.41, 5.74) is 2.25. The van der Waals surface area contributed by atoms with Crippen molar-refractivity contribution in [2.24, 2.45) is 0 Å². The van der Waals surface area contributed by atoms with E-state index in [9.17, 15) is 4.79 Å². The molecule has 1 aromatic rings. The van der Waals surface area contributed by atoms with E-state index in [1.807, 2.05) is 25.1 Å². The Balaban J connectivity index is 2.21. The number of fused-ring (bicyclic) bond motifs is 1. The third-order valence-electron chi connectivity index (χ3n) is 2.75. The zero-order valence-corrected chi connectivity index (χ0v) is 8.95. The molecule has 15 heavy (non-hydrogen) atoms. The van der Waals surface area contributed by atoms with Crippen LogP contribution in [-0.2, 0) is 9.53 Å². The molecule has 0 saturated carbocycles. The first-order valence-electron chi connectivity index (χ1n) is 5.01. The Morgan fingerprint density at radius 2 is 2.40 bits per heavy atom. The van der Waals surface area contributed by atoms with Gasteiger partial charge in [0.1, 0.15) is 5.75 Å². The van der Waals surface area contributed by atoms with E-state index < -0.39 is 0 Å². The van der Waals surface area contributed by atoms with E-state index >= 15 is 0 Å². The highest BCUT2D eigenvalue weighted by molar-refractivity contribution is 5.71. The van der Waals surface area contributed by atoms with Gasteiger partial charge in [-0.2, -0.15) is 0 Å². The summed E-state index contributed by atoms with van der Waals surface area (Å²) in [7, 11) is 1.41. The van der Waals surface area contributed by atoms with Crippen LogP contribution >= 0.6 is 0 Å². The van der Waals surface area contributed by atoms with Crippen molar-refractivity contribution in [1.29, 1.82) is 0 Å². The molecule has 1 unspecified atom stereocenters. The Morgan fingerprint density at radius 3 is 3.13 bits per heavy atom. The van der Waals surface area contributed by atoms with Gasteiger partial charge in [-0.3, -0.25) is 4.79 Å². The number of benzene rings is 1. The topological polar surface area (TPSA) is 35.5 Å². The number of rotatable bonds is 2. The van der Waals surface area contributed by atoms with Crippen LogP contribution in [0.5, 0.6) is 5.75 Å². The molecule has 0 aliphatic carbocycles. The first-order valence-corrected chi connectivity index (χ1v) is 5.01. The Morgan fingerprint density at radius 1 is 1.60 bits per heavy atom. The van der Waals surface area contributed by atoms with Crippen LogP contribution in [0.15, 0.2) is 18.2 Å². The fraction of sp³-hybridized carbons (Fsp3) is 0.417. The summed E-state index contributed by atoms with van der Waals surface area (Å²) in [5.74, 6) is 0.900. The Bertz CT molecular complexity index is 384. The lowest BCUT2D eigenvalue weighted by Crippen LogP contribution is -2.09. The van der Waals surface area contributed by atoms with Gasteiger partial charge in [0.25, 0.3) is 0 Å². The van der Waals surface area contributed by atoms with Crippen molar-refractivity contribution >= 4 is 5.97 Å². The van der Waals surface area contributed by atoms with Gasteiger partial charge in [-0.05, 0) is 12.5 Å². The summed E-state index contributed by atoms with van der Waals surface area (Å²) in [4.78, 5) is 11.2. The predicted octanol–water partition coefficient (Wildman–Crippen LogP) is 2.03. The standard InChI is InChI=1S/C12H14O3/c1-8-4-3-5-10-9(6-11(13)14-2)7-15-12(8)10/h3-5,9H,6-7H2,1-2H3. The summed E-state index contributed by atoms with van der Waals surface area (Å²) in [6.45, 7) is 2.59. The largest absolute Gasteiger partial charge is 0.492 e. The number of aryl methyl sites for hydroxylation is 1. The van der Waals surface area contributed by atoms with Crippen LogP contribution in [-0.4, -0.2) is 19.7 Å². The summed E-state index contributed by atoms with van der Waals surface area (Å²) in [5, 5.41) is 0. The summed E-state index contributed by atoms with van der Waals surface area (Å²) < 4.78 is 10.2. The van der Waals surface area contributed by atoms with Crippen LogP contribution in [0.25, 0.3) is 0 Å². The minimum atomic E-state index is -0.182. The van der Waals surface area contributed by atoms with Crippen LogP contribution < -0.4 is 4.74 Å². The number of hydrogen-bond donors (Lipinski definition) is 0. The van der Waals surface area contributed by atoms with E-state index in [1.165, 1.54) is 7.11 Å². The highest BCUT2D eigenvalue weighted by atomic mass is 16.5. The average molecular weight is 206 g/mol. The molecule has 0 aromatic heterocycles. The second-order valence-electron chi connectivity index (χ2n) is 3.78. The first kappa shape index (κ1) is 10.0. The quantitative estimate of drug-likeness (QED) is 0.694. The third-order valence-corrected chi connectivity index (χ3v) is 2.75. The normalized spacial score (nSPS) is 18.1. The minimum Gasteiger partial charge on any atom is -0.492 e. The molecule has 1 atom stereocenters. The molecule has 0 saturated heterocycles. The zero-order valence-electron chi connectivity index (χ0n) is 8.95. The van der Waals surface area contributed by atoms with Crippen LogP contribution in [0, 0.1) is 6.92 Å². The molecule has 0 bridgehead atoms. The van der Waals surface area contributed by atoms with E-state index in [1.54, 1.807) is 0 Å². The van der Waals surface area contributed by atoms with Crippen LogP contribution in [0.2, 0.25) is 0 Å². The molecule has 0 N–H and O–H groups in total. The van der Waals surface area contributed by atoms with Crippen molar-refractivity contribution < 1.29 is 14.3 Å². The van der Waals surface area contributed by atoms with Crippen LogP contribution in [0.1, 0.15) is 23.5 Å². The molecule has 2 rings (SSSR count). The number of esters is 1. The maximum Gasteiger partial charge on any atom is 0.306 e. The van der Waals surface area contributed by atoms with Crippen molar-refractivity contribution in [3.8, 4) is 5.75 Å². The van der Waals surface area contributed by atoms with Crippen molar-refractivity contribution in [2.45, 2.75) is 19.3 Å². The highest BCUT2D eigenvalue weighted by Gasteiger charge is 2.27. The van der Waals surface area contributed by atoms with E-state index in [-0.39, 0.29) is 11.9 Å². The molecule has 0 radical (unpaired) electrons. The second kappa shape index (κ2) is 3.93. The molecule has 1 aromatic carbocycles. The zero-order chi connectivity index (χ0) is 10.8. The van der Waals surface area contributed by atoms with Gasteiger partial charge < -0.3 is 9.47 Å². The molecule has 80 valence electrons. The van der Waals surface area contributed by atoms with Gasteiger partial charge in [0.05, 0.1) is 20.1 Å². The summed E-state index contributed by atoms with van der Waals surface area (Å²) in [6, 6.07) is 6.02. The van der Waals surface area contributed by atoms with E-state index in [0.29, 0.717) is 13.0 Å². The fourth-order valence-electron chi connectivity index (χ4n) is 1.92. The molecular formula is C12H14O3. The monoisotopic (exact) mass is 206 g/mol. The maximum atomic E-state index is 11.2. The number of hydrogen-bond acceptors (Lipinski definition) is 3. The second-order valence-corrected chi connectivity index (χ2v) is 3.78. The number of para-hydroxylation sites is 1. The van der Waals surface area contributed by atoms with Crippen LogP contribution in [0.4, 0.5) is 0 Å². The number of methoxy groups -OCH3 is 1. The lowest BCUT2D eigenvalue weighted by molar-refractivity contribution is -0.141. The SMILES string of the molecule is COC(=O)CC1COc2c(C)cccc21. The molecule has 0 fully saturated rings. The highest BCUT2D eigenvalue weighted by Crippen LogP contribution is 2.38. The van der Waals surface area contributed by atoms with Gasteiger partial charge in [0.2, 0.25) is 0 Å². The smallest absolute Gasteiger partial charge is 0.306 e. The first-order chi connectivity index (χ1) is 7.22. The molecule has 1 heterocycles. The molecule has 1 aliphatic heterocycles. The van der Waals surface area contributed by atoms with Crippen molar-refractivity contribution in [2.75, 3.05) is 13.7 Å².